The first-order valence-electron chi connectivity index (χ1n) is 7.10. The number of urea groups is 1. The molecule has 0 saturated carbocycles. The van der Waals surface area contributed by atoms with E-state index in [2.05, 4.69) is 5.32 Å². The van der Waals surface area contributed by atoms with Gasteiger partial charge in [0.2, 0.25) is 0 Å². The Bertz CT molecular complexity index is 542. The second-order valence-corrected chi connectivity index (χ2v) is 4.84. The molecule has 2 aromatic rings. The number of hydrogen-bond donors (Lipinski definition) is 2. The summed E-state index contributed by atoms with van der Waals surface area (Å²) < 4.78 is 0. The Morgan fingerprint density at radius 2 is 1.52 bits per heavy atom. The second-order valence-electron chi connectivity index (χ2n) is 4.84. The minimum absolute atomic E-state index is 0.0897. The molecule has 0 unspecified atom stereocenters. The van der Waals surface area contributed by atoms with Crippen LogP contribution in [-0.2, 0) is 13.1 Å². The molecule has 2 aromatic carbocycles. The van der Waals surface area contributed by atoms with Crippen LogP contribution in [-0.4, -0.2) is 24.0 Å². The van der Waals surface area contributed by atoms with Crippen molar-refractivity contribution in [1.82, 2.24) is 10.2 Å². The van der Waals surface area contributed by atoms with Gasteiger partial charge in [0.1, 0.15) is 0 Å². The number of hydrogen-bond acceptors (Lipinski definition) is 2. The van der Waals surface area contributed by atoms with Crippen molar-refractivity contribution < 1.29 is 4.79 Å². The molecule has 0 aliphatic rings. The predicted molar refractivity (Wildman–Crippen MR) is 84.6 cm³/mol. The highest BCUT2D eigenvalue weighted by Crippen LogP contribution is 2.05. The van der Waals surface area contributed by atoms with Crippen LogP contribution in [0.25, 0.3) is 0 Å². The average Bonchev–Trinajstić information content (AvgIpc) is 2.54. The largest absolute Gasteiger partial charge is 0.334 e. The molecule has 0 bridgehead atoms. The normalized spacial score (nSPS) is 10.1. The van der Waals surface area contributed by atoms with E-state index in [1.165, 1.54) is 0 Å². The molecular formula is C17H21N3O. The van der Waals surface area contributed by atoms with Crippen LogP contribution in [0.4, 0.5) is 4.79 Å². The molecule has 0 aliphatic carbocycles. The van der Waals surface area contributed by atoms with Crippen LogP contribution < -0.4 is 11.1 Å². The van der Waals surface area contributed by atoms with E-state index in [0.29, 0.717) is 26.2 Å². The lowest BCUT2D eigenvalue weighted by Gasteiger charge is -2.22. The molecule has 4 heteroatoms. The zero-order valence-corrected chi connectivity index (χ0v) is 12.0. The zero-order valence-electron chi connectivity index (χ0n) is 12.0. The molecule has 3 N–H and O–H groups in total. The van der Waals surface area contributed by atoms with Gasteiger partial charge in [0.15, 0.2) is 0 Å². The maximum atomic E-state index is 12.3. The maximum Gasteiger partial charge on any atom is 0.318 e. The van der Waals surface area contributed by atoms with Crippen LogP contribution in [0.15, 0.2) is 60.7 Å². The number of benzene rings is 2. The molecule has 21 heavy (non-hydrogen) atoms. The van der Waals surface area contributed by atoms with Gasteiger partial charge in [0, 0.05) is 26.2 Å². The van der Waals surface area contributed by atoms with E-state index in [1.54, 1.807) is 4.90 Å². The standard InChI is InChI=1S/C17H21N3O/c18-11-12-20(14-16-9-5-2-6-10-16)17(21)19-13-15-7-3-1-4-8-15/h1-10H,11-14,18H2,(H,19,21). The van der Waals surface area contributed by atoms with Crippen molar-refractivity contribution >= 4 is 6.03 Å². The van der Waals surface area contributed by atoms with Gasteiger partial charge in [-0.1, -0.05) is 60.7 Å². The highest BCUT2D eigenvalue weighted by molar-refractivity contribution is 5.74. The van der Waals surface area contributed by atoms with E-state index in [9.17, 15) is 4.79 Å². The lowest BCUT2D eigenvalue weighted by molar-refractivity contribution is 0.196. The lowest BCUT2D eigenvalue weighted by atomic mass is 10.2. The first-order chi connectivity index (χ1) is 10.3. The second kappa shape index (κ2) is 8.07. The summed E-state index contributed by atoms with van der Waals surface area (Å²) >= 11 is 0. The van der Waals surface area contributed by atoms with E-state index >= 15 is 0 Å². The van der Waals surface area contributed by atoms with Crippen LogP contribution in [0.3, 0.4) is 0 Å². The van der Waals surface area contributed by atoms with E-state index < -0.39 is 0 Å². The van der Waals surface area contributed by atoms with Crippen LogP contribution in [0.1, 0.15) is 11.1 Å². The fourth-order valence-corrected chi connectivity index (χ4v) is 2.10. The van der Waals surface area contributed by atoms with Crippen molar-refractivity contribution in [2.75, 3.05) is 13.1 Å². The molecule has 110 valence electrons. The Labute approximate surface area is 125 Å². The first-order valence-corrected chi connectivity index (χ1v) is 7.10. The Hall–Kier alpha value is -2.33. The number of rotatable bonds is 6. The van der Waals surface area contributed by atoms with Crippen molar-refractivity contribution in [3.8, 4) is 0 Å². The van der Waals surface area contributed by atoms with Crippen LogP contribution in [0, 0.1) is 0 Å². The number of carbonyl (C=O) groups is 1. The van der Waals surface area contributed by atoms with Crippen molar-refractivity contribution in [2.24, 2.45) is 5.73 Å². The third-order valence-electron chi connectivity index (χ3n) is 3.19. The quantitative estimate of drug-likeness (QED) is 0.855. The van der Waals surface area contributed by atoms with E-state index in [0.717, 1.165) is 11.1 Å². The minimum atomic E-state index is -0.0897. The van der Waals surface area contributed by atoms with Crippen LogP contribution in [0.2, 0.25) is 0 Å². The van der Waals surface area contributed by atoms with Gasteiger partial charge in [-0.05, 0) is 11.1 Å². The number of carbonyl (C=O) groups excluding carboxylic acids is 1. The third-order valence-corrected chi connectivity index (χ3v) is 3.19. The van der Waals surface area contributed by atoms with E-state index in [4.69, 9.17) is 5.73 Å². The Balaban J connectivity index is 1.92. The Morgan fingerprint density at radius 1 is 0.952 bits per heavy atom. The molecule has 0 radical (unpaired) electrons. The molecule has 0 atom stereocenters. The SMILES string of the molecule is NCCN(Cc1ccccc1)C(=O)NCc1ccccc1. The number of nitrogens with two attached hydrogens (primary N) is 1. The number of nitrogens with zero attached hydrogens (tertiary/aromatic N) is 1. The minimum Gasteiger partial charge on any atom is -0.334 e. The van der Waals surface area contributed by atoms with Crippen molar-refractivity contribution in [2.45, 2.75) is 13.1 Å². The molecular weight excluding hydrogens is 262 g/mol. The summed E-state index contributed by atoms with van der Waals surface area (Å²) in [6.45, 7) is 2.08. The first kappa shape index (κ1) is 15.1. The zero-order chi connectivity index (χ0) is 14.9. The van der Waals surface area contributed by atoms with Gasteiger partial charge >= 0.3 is 6.03 Å². The van der Waals surface area contributed by atoms with Crippen molar-refractivity contribution in [1.29, 1.82) is 0 Å². The molecule has 0 aliphatic heterocycles. The summed E-state index contributed by atoms with van der Waals surface area (Å²) in [5.74, 6) is 0. The molecule has 0 fully saturated rings. The van der Waals surface area contributed by atoms with E-state index in [-0.39, 0.29) is 6.03 Å². The maximum absolute atomic E-state index is 12.3. The predicted octanol–water partition coefficient (Wildman–Crippen LogP) is 2.36. The Morgan fingerprint density at radius 3 is 2.10 bits per heavy atom. The summed E-state index contributed by atoms with van der Waals surface area (Å²) in [6, 6.07) is 19.7. The molecule has 0 spiro atoms. The summed E-state index contributed by atoms with van der Waals surface area (Å²) in [4.78, 5) is 14.0. The fraction of sp³-hybridized carbons (Fsp3) is 0.235. The van der Waals surface area contributed by atoms with Gasteiger partial charge < -0.3 is 16.0 Å². The Kier molecular flexibility index (Phi) is 5.79. The van der Waals surface area contributed by atoms with Gasteiger partial charge in [-0.15, -0.1) is 0 Å². The monoisotopic (exact) mass is 283 g/mol. The highest BCUT2D eigenvalue weighted by atomic mass is 16.2. The topological polar surface area (TPSA) is 58.4 Å². The molecule has 4 nitrogen and oxygen atoms in total. The molecule has 2 rings (SSSR count). The van der Waals surface area contributed by atoms with Crippen molar-refractivity contribution in [3.63, 3.8) is 0 Å². The highest BCUT2D eigenvalue weighted by Gasteiger charge is 2.12. The van der Waals surface area contributed by atoms with Gasteiger partial charge in [0.25, 0.3) is 0 Å². The smallest absolute Gasteiger partial charge is 0.318 e. The summed E-state index contributed by atoms with van der Waals surface area (Å²) in [5.41, 5.74) is 7.79. The van der Waals surface area contributed by atoms with Gasteiger partial charge in [-0.3, -0.25) is 0 Å². The lowest BCUT2D eigenvalue weighted by Crippen LogP contribution is -2.41. The van der Waals surface area contributed by atoms with Crippen LogP contribution >= 0.6 is 0 Å². The summed E-state index contributed by atoms with van der Waals surface area (Å²) in [7, 11) is 0. The van der Waals surface area contributed by atoms with Crippen LogP contribution in [0.5, 0.6) is 0 Å². The van der Waals surface area contributed by atoms with Gasteiger partial charge in [-0.2, -0.15) is 0 Å². The molecule has 0 aromatic heterocycles. The third kappa shape index (κ3) is 4.93. The number of amides is 2. The number of nitrogens with one attached hydrogen (secondary N) is 1. The summed E-state index contributed by atoms with van der Waals surface area (Å²) in [6.07, 6.45) is 0. The summed E-state index contributed by atoms with van der Waals surface area (Å²) in [5, 5.41) is 2.94. The molecule has 2 amide bonds. The molecule has 0 saturated heterocycles. The fourth-order valence-electron chi connectivity index (χ4n) is 2.10. The van der Waals surface area contributed by atoms with Gasteiger partial charge in [-0.25, -0.2) is 4.79 Å². The average molecular weight is 283 g/mol. The van der Waals surface area contributed by atoms with E-state index in [1.807, 2.05) is 60.7 Å². The van der Waals surface area contributed by atoms with Gasteiger partial charge in [0.05, 0.1) is 0 Å². The molecule has 0 heterocycles. The van der Waals surface area contributed by atoms with Crippen molar-refractivity contribution in [3.05, 3.63) is 71.8 Å².